The molecule has 4 rings (SSSR count). The number of halogens is 3. The molecule has 4 aromatic rings. The second kappa shape index (κ2) is 17.1. The molecule has 10 heteroatoms. The number of carboxylic acids is 1. The number of anilines is 1. The molecule has 0 atom stereocenters. The van der Waals surface area contributed by atoms with Crippen LogP contribution >= 0.6 is 0 Å². The number of benzene rings is 2. The highest BCUT2D eigenvalue weighted by atomic mass is 19.4. The van der Waals surface area contributed by atoms with Gasteiger partial charge in [0.25, 0.3) is 0 Å². The standard InChI is InChI=1S/C32H39N3O2.C2HF3O2/c1-3-5-9-22-34-25-26(30-13-7-8-14-31(30)34)15-20-32(36)35(23-10-6-4-2)27-16-18-28(19-17-27)37-29-12-11-21-33-24-29;3-2(4,5)1(6)7/h7-8,11-14,16-19,21,24-25H,3-6,9-10,15,20,22-23H2,1-2H3;(H,6,7). The summed E-state index contributed by atoms with van der Waals surface area (Å²) in [5.74, 6) is -1.17. The summed E-state index contributed by atoms with van der Waals surface area (Å²) in [4.78, 5) is 28.5. The van der Waals surface area contributed by atoms with Crippen molar-refractivity contribution in [1.82, 2.24) is 9.55 Å². The van der Waals surface area contributed by atoms with Gasteiger partial charge in [0.05, 0.1) is 6.20 Å². The van der Waals surface area contributed by atoms with Gasteiger partial charge in [-0.25, -0.2) is 4.79 Å². The third kappa shape index (κ3) is 10.4. The monoisotopic (exact) mass is 611 g/mol. The number of carboxylic acid groups (broad SMARTS) is 1. The molecule has 0 aliphatic heterocycles. The number of hydrogen-bond donors (Lipinski definition) is 1. The molecule has 0 aliphatic carbocycles. The SMILES string of the molecule is CCCCCN(C(=O)CCc1cn(CCCCC)c2ccccc12)c1ccc(Oc2cccnc2)cc1.O=C(O)C(F)(F)F. The number of para-hydroxylation sites is 1. The van der Waals surface area contributed by atoms with Crippen molar-refractivity contribution in [1.29, 1.82) is 0 Å². The van der Waals surface area contributed by atoms with Crippen LogP contribution in [0.3, 0.4) is 0 Å². The number of unbranched alkanes of at least 4 members (excludes halogenated alkanes) is 4. The Morgan fingerprint density at radius 1 is 0.909 bits per heavy atom. The number of aromatic nitrogens is 2. The van der Waals surface area contributed by atoms with E-state index >= 15 is 0 Å². The molecule has 0 spiro atoms. The summed E-state index contributed by atoms with van der Waals surface area (Å²) in [5.41, 5.74) is 3.45. The van der Waals surface area contributed by atoms with Gasteiger partial charge < -0.3 is 19.3 Å². The minimum absolute atomic E-state index is 0.167. The van der Waals surface area contributed by atoms with Crippen LogP contribution in [0.25, 0.3) is 10.9 Å². The van der Waals surface area contributed by atoms with Crippen LogP contribution in [0.15, 0.2) is 79.3 Å². The molecule has 1 N–H and O–H groups in total. The number of carbonyl (C=O) groups excluding carboxylic acids is 1. The number of carbonyl (C=O) groups is 2. The molecule has 0 radical (unpaired) electrons. The maximum Gasteiger partial charge on any atom is 0.490 e. The van der Waals surface area contributed by atoms with E-state index < -0.39 is 12.1 Å². The summed E-state index contributed by atoms with van der Waals surface area (Å²) >= 11 is 0. The fourth-order valence-corrected chi connectivity index (χ4v) is 4.77. The van der Waals surface area contributed by atoms with Gasteiger partial charge in [-0.3, -0.25) is 9.78 Å². The van der Waals surface area contributed by atoms with Crippen molar-refractivity contribution in [2.45, 2.75) is 77.9 Å². The average molecular weight is 612 g/mol. The van der Waals surface area contributed by atoms with Gasteiger partial charge in [0.1, 0.15) is 11.5 Å². The first kappa shape index (κ1) is 34.2. The third-order valence-corrected chi connectivity index (χ3v) is 7.03. The van der Waals surface area contributed by atoms with E-state index in [9.17, 15) is 18.0 Å². The van der Waals surface area contributed by atoms with Gasteiger partial charge in [0, 0.05) is 48.5 Å². The predicted molar refractivity (Wildman–Crippen MR) is 166 cm³/mol. The van der Waals surface area contributed by atoms with Gasteiger partial charge in [-0.1, -0.05) is 57.7 Å². The second-order valence-electron chi connectivity index (χ2n) is 10.4. The van der Waals surface area contributed by atoms with Crippen molar-refractivity contribution in [2.24, 2.45) is 0 Å². The zero-order valence-corrected chi connectivity index (χ0v) is 25.2. The van der Waals surface area contributed by atoms with Crippen molar-refractivity contribution in [3.05, 3.63) is 84.8 Å². The van der Waals surface area contributed by atoms with Crippen molar-refractivity contribution in [3.63, 3.8) is 0 Å². The van der Waals surface area contributed by atoms with E-state index in [0.29, 0.717) is 12.2 Å². The predicted octanol–water partition coefficient (Wildman–Crippen LogP) is 8.81. The Morgan fingerprint density at radius 2 is 1.59 bits per heavy atom. The number of alkyl halides is 3. The fourth-order valence-electron chi connectivity index (χ4n) is 4.77. The molecular weight excluding hydrogens is 571 g/mol. The van der Waals surface area contributed by atoms with Gasteiger partial charge >= 0.3 is 12.1 Å². The number of fused-ring (bicyclic) bond motifs is 1. The summed E-state index contributed by atoms with van der Waals surface area (Å²) in [6, 6.07) is 20.1. The molecule has 0 unspecified atom stereocenters. The van der Waals surface area contributed by atoms with Crippen LogP contribution in [-0.4, -0.2) is 39.3 Å². The quantitative estimate of drug-likeness (QED) is 0.144. The highest BCUT2D eigenvalue weighted by molar-refractivity contribution is 5.94. The zero-order valence-electron chi connectivity index (χ0n) is 25.2. The molecule has 44 heavy (non-hydrogen) atoms. The van der Waals surface area contributed by atoms with Crippen LogP contribution in [0.4, 0.5) is 18.9 Å². The highest BCUT2D eigenvalue weighted by Crippen LogP contribution is 2.27. The number of amides is 1. The maximum atomic E-state index is 13.5. The number of hydrogen-bond acceptors (Lipinski definition) is 4. The minimum Gasteiger partial charge on any atom is -0.475 e. The molecule has 2 heterocycles. The van der Waals surface area contributed by atoms with Crippen LogP contribution in [0.5, 0.6) is 11.5 Å². The van der Waals surface area contributed by atoms with Crippen molar-refractivity contribution < 1.29 is 32.6 Å². The Hall–Kier alpha value is -4.34. The summed E-state index contributed by atoms with van der Waals surface area (Å²) in [6.07, 6.45) is 8.68. The molecule has 0 fully saturated rings. The number of aryl methyl sites for hydroxylation is 2. The first-order valence-electron chi connectivity index (χ1n) is 15.0. The van der Waals surface area contributed by atoms with Crippen molar-refractivity contribution in [2.75, 3.05) is 11.4 Å². The number of ether oxygens (including phenoxy) is 1. The Balaban J connectivity index is 0.000000676. The van der Waals surface area contributed by atoms with Crippen molar-refractivity contribution >= 4 is 28.5 Å². The molecule has 2 aromatic carbocycles. The zero-order chi connectivity index (χ0) is 32.0. The Bertz CT molecular complexity index is 1450. The molecule has 236 valence electrons. The maximum absolute atomic E-state index is 13.5. The smallest absolute Gasteiger partial charge is 0.475 e. The van der Waals surface area contributed by atoms with E-state index in [0.717, 1.165) is 50.2 Å². The lowest BCUT2D eigenvalue weighted by Crippen LogP contribution is -2.32. The molecule has 0 bridgehead atoms. The summed E-state index contributed by atoms with van der Waals surface area (Å²) in [5, 5.41) is 8.39. The third-order valence-electron chi connectivity index (χ3n) is 7.03. The van der Waals surface area contributed by atoms with Crippen LogP contribution in [0.1, 0.15) is 64.4 Å². The van der Waals surface area contributed by atoms with E-state index in [1.807, 2.05) is 41.3 Å². The van der Waals surface area contributed by atoms with Gasteiger partial charge in [-0.15, -0.1) is 0 Å². The van der Waals surface area contributed by atoms with Crippen LogP contribution in [0.2, 0.25) is 0 Å². The summed E-state index contributed by atoms with van der Waals surface area (Å²) in [6.45, 7) is 6.18. The molecule has 0 aliphatic rings. The molecule has 0 saturated heterocycles. The number of aliphatic carboxylic acids is 1. The Labute approximate surface area is 256 Å². The lowest BCUT2D eigenvalue weighted by atomic mass is 10.1. The van der Waals surface area contributed by atoms with E-state index in [2.05, 4.69) is 53.9 Å². The summed E-state index contributed by atoms with van der Waals surface area (Å²) < 4.78 is 40.0. The molecule has 1 amide bonds. The van der Waals surface area contributed by atoms with E-state index in [1.165, 1.54) is 35.7 Å². The largest absolute Gasteiger partial charge is 0.490 e. The first-order chi connectivity index (χ1) is 21.1. The van der Waals surface area contributed by atoms with Crippen LogP contribution in [0, 0.1) is 0 Å². The van der Waals surface area contributed by atoms with Gasteiger partial charge in [-0.05, 0) is 67.3 Å². The normalized spacial score (nSPS) is 11.1. The summed E-state index contributed by atoms with van der Waals surface area (Å²) in [7, 11) is 0. The Kier molecular flexibility index (Phi) is 13.3. The molecule has 0 saturated carbocycles. The van der Waals surface area contributed by atoms with Gasteiger partial charge in [0.2, 0.25) is 5.91 Å². The second-order valence-corrected chi connectivity index (χ2v) is 10.4. The molecular formula is C34H40F3N3O4. The number of pyridine rings is 1. The van der Waals surface area contributed by atoms with Crippen molar-refractivity contribution in [3.8, 4) is 11.5 Å². The lowest BCUT2D eigenvalue weighted by molar-refractivity contribution is -0.192. The lowest BCUT2D eigenvalue weighted by Gasteiger charge is -2.23. The van der Waals surface area contributed by atoms with Crippen LogP contribution < -0.4 is 9.64 Å². The minimum atomic E-state index is -5.08. The van der Waals surface area contributed by atoms with E-state index in [1.54, 1.807) is 12.4 Å². The molecule has 7 nitrogen and oxygen atoms in total. The van der Waals surface area contributed by atoms with E-state index in [-0.39, 0.29) is 5.91 Å². The number of nitrogens with zero attached hydrogens (tertiary/aromatic N) is 3. The Morgan fingerprint density at radius 3 is 2.23 bits per heavy atom. The van der Waals surface area contributed by atoms with Gasteiger partial charge in [-0.2, -0.15) is 13.2 Å². The fraction of sp³-hybridized carbons (Fsp3) is 0.382. The highest BCUT2D eigenvalue weighted by Gasteiger charge is 2.38. The topological polar surface area (TPSA) is 84.7 Å². The van der Waals surface area contributed by atoms with E-state index in [4.69, 9.17) is 14.6 Å². The molecule has 2 aromatic heterocycles. The first-order valence-corrected chi connectivity index (χ1v) is 15.0. The van der Waals surface area contributed by atoms with Crippen LogP contribution in [-0.2, 0) is 22.6 Å². The average Bonchev–Trinajstić information content (AvgIpc) is 3.37. The van der Waals surface area contributed by atoms with Gasteiger partial charge in [0.15, 0.2) is 0 Å². The number of rotatable bonds is 14.